The Hall–Kier alpha value is -4.44. The summed E-state index contributed by atoms with van der Waals surface area (Å²) in [7, 11) is 0. The zero-order chi connectivity index (χ0) is 26.4. The van der Waals surface area contributed by atoms with E-state index in [9.17, 15) is 24.5 Å². The first-order valence-corrected chi connectivity index (χ1v) is 12.1. The Labute approximate surface area is 216 Å². The molecular formula is C27H22N2O7S. The maximum atomic E-state index is 12.9. The monoisotopic (exact) mass is 518 g/mol. The zero-order valence-corrected chi connectivity index (χ0v) is 20.6. The number of rotatable bonds is 10. The third kappa shape index (κ3) is 6.22. The zero-order valence-electron chi connectivity index (χ0n) is 19.8. The van der Waals surface area contributed by atoms with Crippen LogP contribution in [0.2, 0.25) is 0 Å². The highest BCUT2D eigenvalue weighted by atomic mass is 32.2. The molecule has 0 atom stereocenters. The van der Waals surface area contributed by atoms with Crippen LogP contribution < -0.4 is 9.47 Å². The van der Waals surface area contributed by atoms with Crippen molar-refractivity contribution in [3.05, 3.63) is 105 Å². The predicted octanol–water partition coefficient (Wildman–Crippen LogP) is 5.49. The first kappa shape index (κ1) is 25.6. The molecule has 1 aliphatic rings. The summed E-state index contributed by atoms with van der Waals surface area (Å²) in [5.41, 5.74) is 1.79. The van der Waals surface area contributed by atoms with Gasteiger partial charge in [0, 0.05) is 17.7 Å². The number of nitro groups is 1. The van der Waals surface area contributed by atoms with Gasteiger partial charge in [0.1, 0.15) is 6.61 Å². The van der Waals surface area contributed by atoms with Crippen molar-refractivity contribution < 1.29 is 28.8 Å². The summed E-state index contributed by atoms with van der Waals surface area (Å²) in [5.74, 6) is 0.0450. The van der Waals surface area contributed by atoms with Gasteiger partial charge in [-0.1, -0.05) is 36.4 Å². The summed E-state index contributed by atoms with van der Waals surface area (Å²) < 4.78 is 11.5. The molecule has 1 fully saturated rings. The van der Waals surface area contributed by atoms with Crippen molar-refractivity contribution in [2.24, 2.45) is 0 Å². The summed E-state index contributed by atoms with van der Waals surface area (Å²) in [6, 6.07) is 19.6. The topological polar surface area (TPSA) is 116 Å². The van der Waals surface area contributed by atoms with E-state index >= 15 is 0 Å². The largest absolute Gasteiger partial charge is 0.490 e. The lowest BCUT2D eigenvalue weighted by molar-refractivity contribution is -0.384. The molecule has 0 aromatic heterocycles. The molecule has 1 heterocycles. The van der Waals surface area contributed by atoms with Crippen LogP contribution >= 0.6 is 11.8 Å². The van der Waals surface area contributed by atoms with Gasteiger partial charge in [-0.3, -0.25) is 29.4 Å². The second kappa shape index (κ2) is 11.5. The Balaban J connectivity index is 1.47. The number of hydrogen-bond donors (Lipinski definition) is 0. The number of hydrogen-bond acceptors (Lipinski definition) is 8. The van der Waals surface area contributed by atoms with Crippen molar-refractivity contribution in [2.45, 2.75) is 13.5 Å². The number of carbonyl (C=O) groups is 3. The average molecular weight is 519 g/mol. The fraction of sp³-hybridized carbons (Fsp3) is 0.148. The molecule has 9 nitrogen and oxygen atoms in total. The predicted molar refractivity (Wildman–Crippen MR) is 138 cm³/mol. The second-order valence-electron chi connectivity index (χ2n) is 7.91. The minimum atomic E-state index is -0.532. The average Bonchev–Trinajstić information content (AvgIpc) is 3.16. The fourth-order valence-electron chi connectivity index (χ4n) is 3.52. The number of Topliss-reactive ketones (excluding diaryl/α,β-unsaturated/α-hetero) is 1. The normalized spacial score (nSPS) is 14.2. The molecule has 0 aliphatic carbocycles. The van der Waals surface area contributed by atoms with E-state index in [0.717, 1.165) is 22.2 Å². The highest BCUT2D eigenvalue weighted by molar-refractivity contribution is 8.18. The quantitative estimate of drug-likeness (QED) is 0.150. The Bertz CT molecular complexity index is 1370. The van der Waals surface area contributed by atoms with E-state index < -0.39 is 16.1 Å². The molecule has 0 radical (unpaired) electrons. The van der Waals surface area contributed by atoms with Gasteiger partial charge < -0.3 is 9.47 Å². The number of thioether (sulfide) groups is 1. The van der Waals surface area contributed by atoms with E-state index in [2.05, 4.69) is 0 Å². The first-order chi connectivity index (χ1) is 17.9. The second-order valence-corrected chi connectivity index (χ2v) is 8.90. The van der Waals surface area contributed by atoms with Crippen molar-refractivity contribution in [1.82, 2.24) is 4.90 Å². The lowest BCUT2D eigenvalue weighted by Gasteiger charge is -2.13. The van der Waals surface area contributed by atoms with Crippen molar-refractivity contribution in [1.29, 1.82) is 0 Å². The van der Waals surface area contributed by atoms with Gasteiger partial charge >= 0.3 is 0 Å². The molecule has 188 valence electrons. The van der Waals surface area contributed by atoms with Gasteiger partial charge in [0.15, 0.2) is 17.3 Å². The highest BCUT2D eigenvalue weighted by Crippen LogP contribution is 2.35. The van der Waals surface area contributed by atoms with Gasteiger partial charge in [0.25, 0.3) is 16.8 Å². The molecule has 1 aliphatic heterocycles. The smallest absolute Gasteiger partial charge is 0.293 e. The summed E-state index contributed by atoms with van der Waals surface area (Å²) in [6.45, 7) is 2.04. The summed E-state index contributed by atoms with van der Waals surface area (Å²) in [5, 5.41) is 10.3. The number of amides is 2. The Morgan fingerprint density at radius 1 is 1.00 bits per heavy atom. The lowest BCUT2D eigenvalue weighted by Crippen LogP contribution is -2.33. The van der Waals surface area contributed by atoms with Crippen LogP contribution in [0.5, 0.6) is 11.5 Å². The van der Waals surface area contributed by atoms with Gasteiger partial charge in [-0.2, -0.15) is 0 Å². The molecule has 4 rings (SSSR count). The maximum Gasteiger partial charge on any atom is 0.293 e. The molecule has 0 spiro atoms. The van der Waals surface area contributed by atoms with Crippen molar-refractivity contribution >= 4 is 40.5 Å². The van der Waals surface area contributed by atoms with Crippen LogP contribution in [0.15, 0.2) is 77.7 Å². The number of ketones is 1. The number of nitro benzene ring substituents is 1. The standard InChI is InChI=1S/C27H22N2O7S/c1-2-35-24-14-19(10-13-23(24)36-17-18-8-11-21(12-9-18)29(33)34)15-25-26(31)28(27(32)37-25)16-22(30)20-6-4-3-5-7-20/h3-15H,2,16-17H2,1H3/b25-15+. The minimum absolute atomic E-state index is 0.00282. The molecule has 3 aromatic carbocycles. The van der Waals surface area contributed by atoms with Crippen LogP contribution in [0.3, 0.4) is 0 Å². The molecule has 2 amide bonds. The SMILES string of the molecule is CCOc1cc(/C=C2/SC(=O)N(CC(=O)c3ccccc3)C2=O)ccc1OCc1ccc([N+](=O)[O-])cc1. The summed E-state index contributed by atoms with van der Waals surface area (Å²) >= 11 is 0.774. The van der Waals surface area contributed by atoms with Crippen molar-refractivity contribution in [3.63, 3.8) is 0 Å². The number of ether oxygens (including phenoxy) is 2. The number of benzene rings is 3. The Morgan fingerprint density at radius 3 is 2.41 bits per heavy atom. The summed E-state index contributed by atoms with van der Waals surface area (Å²) in [4.78, 5) is 49.3. The third-order valence-corrected chi connectivity index (χ3v) is 6.29. The molecule has 0 unspecified atom stereocenters. The summed E-state index contributed by atoms with van der Waals surface area (Å²) in [6.07, 6.45) is 1.57. The third-order valence-electron chi connectivity index (χ3n) is 5.38. The molecule has 1 saturated heterocycles. The number of carbonyl (C=O) groups excluding carboxylic acids is 3. The number of nitrogens with zero attached hydrogens (tertiary/aromatic N) is 2. The van der Waals surface area contributed by atoms with Gasteiger partial charge in [0.05, 0.1) is 23.0 Å². The van der Waals surface area contributed by atoms with E-state index in [1.165, 1.54) is 12.1 Å². The first-order valence-electron chi connectivity index (χ1n) is 11.3. The van der Waals surface area contributed by atoms with Crippen LogP contribution in [-0.4, -0.2) is 39.9 Å². The number of non-ortho nitro benzene ring substituents is 1. The molecular weight excluding hydrogens is 496 g/mol. The van der Waals surface area contributed by atoms with Crippen LogP contribution in [0.4, 0.5) is 10.5 Å². The van der Waals surface area contributed by atoms with E-state index in [0.29, 0.717) is 29.2 Å². The Morgan fingerprint density at radius 2 is 1.73 bits per heavy atom. The fourth-order valence-corrected chi connectivity index (χ4v) is 4.36. The highest BCUT2D eigenvalue weighted by Gasteiger charge is 2.36. The Kier molecular flexibility index (Phi) is 7.99. The van der Waals surface area contributed by atoms with Gasteiger partial charge in [0.2, 0.25) is 0 Å². The molecule has 0 saturated carbocycles. The van der Waals surface area contributed by atoms with Gasteiger partial charge in [-0.05, 0) is 60.2 Å². The molecule has 3 aromatic rings. The molecule has 0 N–H and O–H groups in total. The van der Waals surface area contributed by atoms with Crippen molar-refractivity contribution in [2.75, 3.05) is 13.2 Å². The molecule has 0 bridgehead atoms. The van der Waals surface area contributed by atoms with E-state index in [1.54, 1.807) is 66.7 Å². The maximum absolute atomic E-state index is 12.9. The van der Waals surface area contributed by atoms with Crippen LogP contribution in [0.25, 0.3) is 6.08 Å². The van der Waals surface area contributed by atoms with Crippen molar-refractivity contribution in [3.8, 4) is 11.5 Å². The van der Waals surface area contributed by atoms with Crippen LogP contribution in [0, 0.1) is 10.1 Å². The van der Waals surface area contributed by atoms with Gasteiger partial charge in [-0.25, -0.2) is 0 Å². The molecule has 10 heteroatoms. The van der Waals surface area contributed by atoms with Crippen LogP contribution in [-0.2, 0) is 11.4 Å². The molecule has 37 heavy (non-hydrogen) atoms. The lowest BCUT2D eigenvalue weighted by atomic mass is 10.1. The van der Waals surface area contributed by atoms with E-state index in [4.69, 9.17) is 9.47 Å². The van der Waals surface area contributed by atoms with E-state index in [1.807, 2.05) is 6.92 Å². The van der Waals surface area contributed by atoms with Gasteiger partial charge in [-0.15, -0.1) is 0 Å². The van der Waals surface area contributed by atoms with E-state index in [-0.39, 0.29) is 29.5 Å². The number of imide groups is 1. The minimum Gasteiger partial charge on any atom is -0.490 e. The van der Waals surface area contributed by atoms with Crippen LogP contribution in [0.1, 0.15) is 28.4 Å².